The number of hydrogen-bond acceptors (Lipinski definition) is 4. The number of β-amino-alcohol motifs (C(OH)–C–C–N with tert-alkyl or cyclic N) is 1. The number of hydrogen-bond donors (Lipinski definition) is 3. The monoisotopic (exact) mass is 296 g/mol. The highest BCUT2D eigenvalue weighted by molar-refractivity contribution is 7.98. The van der Waals surface area contributed by atoms with Crippen molar-refractivity contribution in [2.75, 3.05) is 18.1 Å². The number of urea groups is 1. The minimum absolute atomic E-state index is 0.0328. The Balaban J connectivity index is 2.09. The lowest BCUT2D eigenvalue weighted by Gasteiger charge is -2.21. The molecule has 1 heterocycles. The zero-order valence-corrected chi connectivity index (χ0v) is 11.8. The van der Waals surface area contributed by atoms with Crippen LogP contribution in [0.2, 0.25) is 0 Å². The average molecular weight is 296 g/mol. The molecule has 0 radical (unpaired) electrons. The van der Waals surface area contributed by atoms with Crippen LogP contribution in [0.15, 0.2) is 29.2 Å². The number of benzene rings is 1. The van der Waals surface area contributed by atoms with Crippen LogP contribution in [0.5, 0.6) is 0 Å². The number of carboxylic acids is 1. The standard InChI is InChI=1S/C13H16N2O4S/c1-20-10-4-2-3-8(5-10)14-13(19)15-7-9(16)6-11(15)12(17)18/h2-5,9,11,16H,6-7H2,1H3,(H,14,19)(H,17,18)/t9-,11-/m1/s1. The van der Waals surface area contributed by atoms with Crippen molar-refractivity contribution >= 4 is 29.4 Å². The first-order valence-corrected chi connectivity index (χ1v) is 7.36. The molecule has 20 heavy (non-hydrogen) atoms. The summed E-state index contributed by atoms with van der Waals surface area (Å²) in [5, 5.41) is 21.3. The third-order valence-electron chi connectivity index (χ3n) is 3.15. The summed E-state index contributed by atoms with van der Waals surface area (Å²) >= 11 is 1.55. The van der Waals surface area contributed by atoms with Crippen LogP contribution in [0.25, 0.3) is 0 Å². The highest BCUT2D eigenvalue weighted by Crippen LogP contribution is 2.22. The molecular formula is C13H16N2O4S. The number of aliphatic hydroxyl groups is 1. The summed E-state index contributed by atoms with van der Waals surface area (Å²) in [7, 11) is 0. The number of aliphatic carboxylic acids is 1. The van der Waals surface area contributed by atoms with Gasteiger partial charge in [-0.2, -0.15) is 0 Å². The fourth-order valence-corrected chi connectivity index (χ4v) is 2.63. The Morgan fingerprint density at radius 3 is 2.85 bits per heavy atom. The van der Waals surface area contributed by atoms with Crippen LogP contribution in [0.1, 0.15) is 6.42 Å². The maximum atomic E-state index is 12.1. The zero-order chi connectivity index (χ0) is 14.7. The average Bonchev–Trinajstić information content (AvgIpc) is 2.81. The van der Waals surface area contributed by atoms with Gasteiger partial charge in [-0.25, -0.2) is 9.59 Å². The Bertz CT molecular complexity index is 523. The molecule has 6 nitrogen and oxygen atoms in total. The summed E-state index contributed by atoms with van der Waals surface area (Å²) in [6.07, 6.45) is 1.20. The number of nitrogens with one attached hydrogen (secondary N) is 1. The molecule has 1 aliphatic heterocycles. The van der Waals surface area contributed by atoms with Crippen LogP contribution >= 0.6 is 11.8 Å². The number of likely N-dealkylation sites (tertiary alicyclic amines) is 1. The Morgan fingerprint density at radius 2 is 2.20 bits per heavy atom. The molecule has 1 aliphatic rings. The fourth-order valence-electron chi connectivity index (χ4n) is 2.17. The molecule has 1 saturated heterocycles. The molecule has 1 fully saturated rings. The van der Waals surface area contributed by atoms with Gasteiger partial charge in [0.15, 0.2) is 0 Å². The quantitative estimate of drug-likeness (QED) is 0.735. The van der Waals surface area contributed by atoms with Crippen LogP contribution in [0, 0.1) is 0 Å². The number of carbonyl (C=O) groups excluding carboxylic acids is 1. The van der Waals surface area contributed by atoms with Gasteiger partial charge in [0.2, 0.25) is 0 Å². The first kappa shape index (κ1) is 14.7. The lowest BCUT2D eigenvalue weighted by molar-refractivity contribution is -0.141. The van der Waals surface area contributed by atoms with E-state index in [1.807, 2.05) is 24.5 Å². The molecule has 1 aromatic carbocycles. The van der Waals surface area contributed by atoms with E-state index in [1.165, 1.54) is 0 Å². The molecule has 1 aromatic rings. The van der Waals surface area contributed by atoms with Gasteiger partial charge >= 0.3 is 12.0 Å². The third kappa shape index (κ3) is 3.23. The van der Waals surface area contributed by atoms with E-state index in [-0.39, 0.29) is 13.0 Å². The largest absolute Gasteiger partial charge is 0.480 e. The fraction of sp³-hybridized carbons (Fsp3) is 0.385. The number of rotatable bonds is 3. The molecule has 2 amide bonds. The van der Waals surface area contributed by atoms with Crippen molar-refractivity contribution in [3.8, 4) is 0 Å². The maximum absolute atomic E-state index is 12.1. The van der Waals surface area contributed by atoms with Gasteiger partial charge in [-0.1, -0.05) is 6.07 Å². The van der Waals surface area contributed by atoms with Crippen LogP contribution in [-0.2, 0) is 4.79 Å². The zero-order valence-electron chi connectivity index (χ0n) is 10.9. The van der Waals surface area contributed by atoms with Gasteiger partial charge in [-0.3, -0.25) is 0 Å². The van der Waals surface area contributed by atoms with Crippen LogP contribution in [0.3, 0.4) is 0 Å². The van der Waals surface area contributed by atoms with Gasteiger partial charge in [-0.05, 0) is 24.5 Å². The van der Waals surface area contributed by atoms with E-state index in [9.17, 15) is 14.7 Å². The van der Waals surface area contributed by atoms with Crippen molar-refractivity contribution in [2.45, 2.75) is 23.5 Å². The van der Waals surface area contributed by atoms with Crippen molar-refractivity contribution in [2.24, 2.45) is 0 Å². The Hall–Kier alpha value is -1.73. The number of amides is 2. The summed E-state index contributed by atoms with van der Waals surface area (Å²) in [5.41, 5.74) is 0.604. The molecular weight excluding hydrogens is 280 g/mol. The highest BCUT2D eigenvalue weighted by atomic mass is 32.2. The third-order valence-corrected chi connectivity index (χ3v) is 3.87. The molecule has 0 bridgehead atoms. The second kappa shape index (κ2) is 6.15. The van der Waals surface area contributed by atoms with E-state index in [1.54, 1.807) is 17.8 Å². The Labute approximate surface area is 120 Å². The Morgan fingerprint density at radius 1 is 1.45 bits per heavy atom. The van der Waals surface area contributed by atoms with Crippen molar-refractivity contribution < 1.29 is 19.8 Å². The van der Waals surface area contributed by atoms with Crippen molar-refractivity contribution in [1.82, 2.24) is 4.90 Å². The Kier molecular flexibility index (Phi) is 4.51. The minimum atomic E-state index is -1.10. The number of nitrogens with zero attached hydrogens (tertiary/aromatic N) is 1. The number of aliphatic hydroxyl groups excluding tert-OH is 1. The molecule has 3 N–H and O–H groups in total. The van der Waals surface area contributed by atoms with E-state index >= 15 is 0 Å². The predicted molar refractivity (Wildman–Crippen MR) is 76.0 cm³/mol. The van der Waals surface area contributed by atoms with E-state index in [2.05, 4.69) is 5.32 Å². The molecule has 0 unspecified atom stereocenters. The van der Waals surface area contributed by atoms with Crippen molar-refractivity contribution in [3.63, 3.8) is 0 Å². The molecule has 108 valence electrons. The number of anilines is 1. The van der Waals surface area contributed by atoms with Crippen LogP contribution in [0.4, 0.5) is 10.5 Å². The molecule has 2 atom stereocenters. The summed E-state index contributed by atoms with van der Waals surface area (Å²) in [4.78, 5) is 25.3. The lowest BCUT2D eigenvalue weighted by Crippen LogP contribution is -2.43. The van der Waals surface area contributed by atoms with Crippen LogP contribution in [-0.4, -0.2) is 52.1 Å². The maximum Gasteiger partial charge on any atom is 0.326 e. The smallest absolute Gasteiger partial charge is 0.326 e. The van der Waals surface area contributed by atoms with E-state index in [0.29, 0.717) is 5.69 Å². The minimum Gasteiger partial charge on any atom is -0.480 e. The van der Waals surface area contributed by atoms with Crippen molar-refractivity contribution in [1.29, 1.82) is 0 Å². The molecule has 7 heteroatoms. The molecule has 0 saturated carbocycles. The lowest BCUT2D eigenvalue weighted by atomic mass is 10.2. The van der Waals surface area contributed by atoms with Gasteiger partial charge in [0.25, 0.3) is 0 Å². The molecule has 0 spiro atoms. The summed E-state index contributed by atoms with van der Waals surface area (Å²) in [5.74, 6) is -1.10. The SMILES string of the molecule is CSc1cccc(NC(=O)N2C[C@H](O)C[C@@H]2C(=O)O)c1. The summed E-state index contributed by atoms with van der Waals surface area (Å²) in [6, 6.07) is 5.79. The molecule has 0 aliphatic carbocycles. The summed E-state index contributed by atoms with van der Waals surface area (Å²) < 4.78 is 0. The van der Waals surface area contributed by atoms with Crippen molar-refractivity contribution in [3.05, 3.63) is 24.3 Å². The second-order valence-corrected chi connectivity index (χ2v) is 5.44. The number of thioether (sulfide) groups is 1. The normalized spacial score (nSPS) is 21.8. The molecule has 2 rings (SSSR count). The number of carbonyl (C=O) groups is 2. The van der Waals surface area contributed by atoms with E-state index in [4.69, 9.17) is 5.11 Å². The van der Waals surface area contributed by atoms with Gasteiger partial charge in [0, 0.05) is 23.5 Å². The van der Waals surface area contributed by atoms with Gasteiger partial charge in [0.1, 0.15) is 6.04 Å². The second-order valence-electron chi connectivity index (χ2n) is 4.56. The van der Waals surface area contributed by atoms with Gasteiger partial charge in [0.05, 0.1) is 6.10 Å². The number of carboxylic acid groups (broad SMARTS) is 1. The highest BCUT2D eigenvalue weighted by Gasteiger charge is 2.38. The van der Waals surface area contributed by atoms with E-state index < -0.39 is 24.1 Å². The molecule has 0 aromatic heterocycles. The van der Waals surface area contributed by atoms with Gasteiger partial charge in [-0.15, -0.1) is 11.8 Å². The topological polar surface area (TPSA) is 89.9 Å². The van der Waals surface area contributed by atoms with Gasteiger partial charge < -0.3 is 20.4 Å². The summed E-state index contributed by atoms with van der Waals surface area (Å²) in [6.45, 7) is 0.0328. The first-order valence-electron chi connectivity index (χ1n) is 6.14. The van der Waals surface area contributed by atoms with E-state index in [0.717, 1.165) is 9.80 Å². The van der Waals surface area contributed by atoms with Crippen LogP contribution < -0.4 is 5.32 Å². The predicted octanol–water partition coefficient (Wildman–Crippen LogP) is 1.46. The first-order chi connectivity index (χ1) is 9.51.